The number of hydrogen-bond donors (Lipinski definition) is 2. The molecule has 2 aromatic carbocycles. The van der Waals surface area contributed by atoms with Gasteiger partial charge in [-0.05, 0) is 35.9 Å². The number of nitrogens with one attached hydrogen (secondary N) is 2. The average molecular weight is 376 g/mol. The standard InChI is InChI=1S/C21H20N4O3/c1-3-19(26)22-12-14-8-10-15(11-9-14)20(27)23-13-18-24-17-7-5-4-6-16(17)21(28)25(18)2/h3-11H,1,12-13H2,2H3,(H,22,26)(H,23,27). The Labute approximate surface area is 161 Å². The summed E-state index contributed by atoms with van der Waals surface area (Å²) in [5, 5.41) is 6.00. The minimum Gasteiger partial charge on any atom is -0.348 e. The molecule has 1 aromatic heterocycles. The van der Waals surface area contributed by atoms with Crippen molar-refractivity contribution in [3.63, 3.8) is 0 Å². The van der Waals surface area contributed by atoms with Gasteiger partial charge in [0, 0.05) is 19.2 Å². The number of aromatic nitrogens is 2. The quantitative estimate of drug-likeness (QED) is 0.640. The van der Waals surface area contributed by atoms with E-state index >= 15 is 0 Å². The molecule has 0 atom stereocenters. The van der Waals surface area contributed by atoms with Crippen LogP contribution >= 0.6 is 0 Å². The van der Waals surface area contributed by atoms with E-state index in [1.165, 1.54) is 10.6 Å². The minimum atomic E-state index is -0.274. The summed E-state index contributed by atoms with van der Waals surface area (Å²) in [6, 6.07) is 14.0. The Balaban J connectivity index is 1.68. The van der Waals surface area contributed by atoms with Gasteiger partial charge < -0.3 is 10.6 Å². The van der Waals surface area contributed by atoms with E-state index in [9.17, 15) is 14.4 Å². The molecule has 7 nitrogen and oxygen atoms in total. The third-order valence-electron chi connectivity index (χ3n) is 4.35. The summed E-state index contributed by atoms with van der Waals surface area (Å²) in [5.41, 5.74) is 1.79. The number of benzene rings is 2. The van der Waals surface area contributed by atoms with Crippen LogP contribution in [0.1, 0.15) is 21.7 Å². The Kier molecular flexibility index (Phi) is 5.64. The van der Waals surface area contributed by atoms with Crippen molar-refractivity contribution in [2.24, 2.45) is 7.05 Å². The fraction of sp³-hybridized carbons (Fsp3) is 0.143. The van der Waals surface area contributed by atoms with Crippen LogP contribution in [0.15, 0.2) is 66.0 Å². The highest BCUT2D eigenvalue weighted by atomic mass is 16.2. The number of fused-ring (bicyclic) bond motifs is 1. The summed E-state index contributed by atoms with van der Waals surface area (Å²) in [5.74, 6) is -0.0554. The lowest BCUT2D eigenvalue weighted by molar-refractivity contribution is -0.116. The van der Waals surface area contributed by atoms with Gasteiger partial charge in [0.2, 0.25) is 5.91 Å². The fourth-order valence-electron chi connectivity index (χ4n) is 2.72. The molecule has 0 unspecified atom stereocenters. The van der Waals surface area contributed by atoms with Crippen molar-refractivity contribution in [2.45, 2.75) is 13.1 Å². The maximum absolute atomic E-state index is 12.4. The number of rotatable bonds is 6. The first kappa shape index (κ1) is 19.0. The van der Waals surface area contributed by atoms with Crippen molar-refractivity contribution < 1.29 is 9.59 Å². The van der Waals surface area contributed by atoms with E-state index in [2.05, 4.69) is 22.2 Å². The smallest absolute Gasteiger partial charge is 0.261 e. The molecule has 0 saturated carbocycles. The Morgan fingerprint density at radius 1 is 1.07 bits per heavy atom. The Bertz CT molecular complexity index is 1100. The number of carbonyl (C=O) groups excluding carboxylic acids is 2. The molecule has 1 heterocycles. The molecule has 7 heteroatoms. The molecule has 0 radical (unpaired) electrons. The molecule has 0 bridgehead atoms. The molecule has 142 valence electrons. The highest BCUT2D eigenvalue weighted by molar-refractivity contribution is 5.94. The molecule has 0 aliphatic heterocycles. The molecule has 3 aromatic rings. The first-order valence-electron chi connectivity index (χ1n) is 8.71. The van der Waals surface area contributed by atoms with Crippen molar-refractivity contribution in [3.8, 4) is 0 Å². The van der Waals surface area contributed by atoms with Gasteiger partial charge >= 0.3 is 0 Å². The average Bonchev–Trinajstić information content (AvgIpc) is 2.73. The first-order valence-corrected chi connectivity index (χ1v) is 8.71. The van der Waals surface area contributed by atoms with Crippen LogP contribution in [0.2, 0.25) is 0 Å². The second-order valence-electron chi connectivity index (χ2n) is 6.21. The second kappa shape index (κ2) is 8.30. The molecular weight excluding hydrogens is 356 g/mol. The molecule has 0 spiro atoms. The SMILES string of the molecule is C=CC(=O)NCc1ccc(C(=O)NCc2nc3ccccc3c(=O)n2C)cc1. The fourth-order valence-corrected chi connectivity index (χ4v) is 2.72. The maximum atomic E-state index is 12.4. The number of carbonyl (C=O) groups is 2. The van der Waals surface area contributed by atoms with Crippen LogP contribution in [0.4, 0.5) is 0 Å². The summed E-state index contributed by atoms with van der Waals surface area (Å²) in [6.45, 7) is 3.88. The molecule has 0 fully saturated rings. The monoisotopic (exact) mass is 376 g/mol. The zero-order valence-electron chi connectivity index (χ0n) is 15.4. The van der Waals surface area contributed by atoms with Crippen LogP contribution in [0.25, 0.3) is 10.9 Å². The van der Waals surface area contributed by atoms with Crippen molar-refractivity contribution in [2.75, 3.05) is 0 Å². The van der Waals surface area contributed by atoms with E-state index in [-0.39, 0.29) is 23.9 Å². The van der Waals surface area contributed by atoms with Crippen LogP contribution < -0.4 is 16.2 Å². The first-order chi connectivity index (χ1) is 13.5. The van der Waals surface area contributed by atoms with Gasteiger partial charge in [-0.1, -0.05) is 30.8 Å². The van der Waals surface area contributed by atoms with Crippen LogP contribution in [0.5, 0.6) is 0 Å². The van der Waals surface area contributed by atoms with Gasteiger partial charge in [0.05, 0.1) is 17.4 Å². The van der Waals surface area contributed by atoms with E-state index in [0.29, 0.717) is 28.8 Å². The van der Waals surface area contributed by atoms with Crippen LogP contribution in [0, 0.1) is 0 Å². The molecule has 0 aliphatic rings. The predicted octanol–water partition coefficient (Wildman–Crippen LogP) is 1.67. The van der Waals surface area contributed by atoms with Crippen LogP contribution in [0.3, 0.4) is 0 Å². The van der Waals surface area contributed by atoms with Gasteiger partial charge in [-0.2, -0.15) is 0 Å². The van der Waals surface area contributed by atoms with Crippen molar-refractivity contribution in [1.29, 1.82) is 0 Å². The topological polar surface area (TPSA) is 93.1 Å². The molecule has 0 aliphatic carbocycles. The summed E-state index contributed by atoms with van der Waals surface area (Å²) >= 11 is 0. The van der Waals surface area contributed by atoms with E-state index in [0.717, 1.165) is 5.56 Å². The largest absolute Gasteiger partial charge is 0.348 e. The maximum Gasteiger partial charge on any atom is 0.261 e. The number of para-hydroxylation sites is 1. The molecule has 0 saturated heterocycles. The molecule has 3 rings (SSSR count). The normalized spacial score (nSPS) is 10.5. The number of nitrogens with zero attached hydrogens (tertiary/aromatic N) is 2. The molecule has 2 N–H and O–H groups in total. The Morgan fingerprint density at radius 2 is 1.79 bits per heavy atom. The summed E-state index contributed by atoms with van der Waals surface area (Å²) in [7, 11) is 1.63. The molecule has 2 amide bonds. The van der Waals surface area contributed by atoms with Crippen molar-refractivity contribution in [1.82, 2.24) is 20.2 Å². The lowest BCUT2D eigenvalue weighted by Gasteiger charge is -2.10. The lowest BCUT2D eigenvalue weighted by atomic mass is 10.1. The van der Waals surface area contributed by atoms with Gasteiger partial charge in [-0.3, -0.25) is 19.0 Å². The second-order valence-corrected chi connectivity index (χ2v) is 6.21. The highest BCUT2D eigenvalue weighted by Crippen LogP contribution is 2.08. The van der Waals surface area contributed by atoms with Gasteiger partial charge in [0.25, 0.3) is 11.5 Å². The van der Waals surface area contributed by atoms with Crippen molar-refractivity contribution >= 4 is 22.7 Å². The van der Waals surface area contributed by atoms with E-state index < -0.39 is 0 Å². The zero-order valence-corrected chi connectivity index (χ0v) is 15.4. The van der Waals surface area contributed by atoms with Gasteiger partial charge in [-0.25, -0.2) is 4.98 Å². The van der Waals surface area contributed by atoms with Gasteiger partial charge in [-0.15, -0.1) is 0 Å². The Hall–Kier alpha value is -3.74. The number of amides is 2. The van der Waals surface area contributed by atoms with Crippen LogP contribution in [-0.2, 0) is 24.9 Å². The van der Waals surface area contributed by atoms with Gasteiger partial charge in [0.15, 0.2) is 0 Å². The third-order valence-corrected chi connectivity index (χ3v) is 4.35. The molecular formula is C21H20N4O3. The van der Waals surface area contributed by atoms with Gasteiger partial charge in [0.1, 0.15) is 5.82 Å². The minimum absolute atomic E-state index is 0.131. The summed E-state index contributed by atoms with van der Waals surface area (Å²) in [4.78, 5) is 40.5. The zero-order chi connectivity index (χ0) is 20.1. The lowest BCUT2D eigenvalue weighted by Crippen LogP contribution is -2.29. The van der Waals surface area contributed by atoms with E-state index in [1.807, 2.05) is 6.07 Å². The highest BCUT2D eigenvalue weighted by Gasteiger charge is 2.10. The van der Waals surface area contributed by atoms with E-state index in [4.69, 9.17) is 0 Å². The summed E-state index contributed by atoms with van der Waals surface area (Å²) in [6.07, 6.45) is 1.20. The molecule has 28 heavy (non-hydrogen) atoms. The predicted molar refractivity (Wildman–Crippen MR) is 107 cm³/mol. The van der Waals surface area contributed by atoms with Crippen LogP contribution in [-0.4, -0.2) is 21.4 Å². The number of hydrogen-bond acceptors (Lipinski definition) is 4. The summed E-state index contributed by atoms with van der Waals surface area (Å²) < 4.78 is 1.44. The van der Waals surface area contributed by atoms with Crippen molar-refractivity contribution in [3.05, 3.63) is 88.5 Å². The third kappa shape index (κ3) is 4.15. The Morgan fingerprint density at radius 3 is 2.50 bits per heavy atom. The van der Waals surface area contributed by atoms with E-state index in [1.54, 1.807) is 49.5 Å².